The Bertz CT molecular complexity index is 276. The summed E-state index contributed by atoms with van der Waals surface area (Å²) in [6, 6.07) is 0. The van der Waals surface area contributed by atoms with Gasteiger partial charge in [-0.1, -0.05) is 13.3 Å². The van der Waals surface area contributed by atoms with E-state index in [1.807, 2.05) is 6.20 Å². The molecule has 2 rings (SSSR count). The molecule has 0 aromatic carbocycles. The Kier molecular flexibility index (Phi) is 1.93. The maximum absolute atomic E-state index is 5.51. The van der Waals surface area contributed by atoms with Crippen LogP contribution in [0.1, 0.15) is 36.1 Å². The number of rotatable bonds is 2. The fourth-order valence-electron chi connectivity index (χ4n) is 1.64. The van der Waals surface area contributed by atoms with Crippen molar-refractivity contribution in [3.05, 3.63) is 16.1 Å². The summed E-state index contributed by atoms with van der Waals surface area (Å²) in [6.45, 7) is 2.91. The number of aromatic nitrogens is 1. The molecule has 0 saturated heterocycles. The lowest BCUT2D eigenvalue weighted by molar-refractivity contribution is 0.277. The van der Waals surface area contributed by atoms with Crippen LogP contribution in [0.25, 0.3) is 0 Å². The van der Waals surface area contributed by atoms with Crippen molar-refractivity contribution >= 4 is 11.3 Å². The summed E-state index contributed by atoms with van der Waals surface area (Å²) in [5, 5.41) is 1.07. The first kappa shape index (κ1) is 8.20. The highest BCUT2D eigenvalue weighted by atomic mass is 32.1. The van der Waals surface area contributed by atoms with Gasteiger partial charge in [-0.3, -0.25) is 0 Å². The van der Waals surface area contributed by atoms with E-state index in [0.717, 1.165) is 5.01 Å². The first-order valence-electron chi connectivity index (χ1n) is 4.40. The molecule has 0 bridgehead atoms. The van der Waals surface area contributed by atoms with E-state index in [2.05, 4.69) is 11.9 Å². The first-order chi connectivity index (χ1) is 5.74. The van der Waals surface area contributed by atoms with Crippen LogP contribution < -0.4 is 5.73 Å². The molecule has 2 N–H and O–H groups in total. The van der Waals surface area contributed by atoms with Crippen LogP contribution in [0.3, 0.4) is 0 Å². The van der Waals surface area contributed by atoms with Crippen LogP contribution in [-0.4, -0.2) is 4.98 Å². The van der Waals surface area contributed by atoms with Crippen molar-refractivity contribution < 1.29 is 0 Å². The predicted molar refractivity (Wildman–Crippen MR) is 51.2 cm³/mol. The molecule has 0 spiro atoms. The van der Waals surface area contributed by atoms with Gasteiger partial charge in [0.1, 0.15) is 5.01 Å². The Morgan fingerprint density at radius 1 is 1.67 bits per heavy atom. The van der Waals surface area contributed by atoms with E-state index in [9.17, 15) is 0 Å². The van der Waals surface area contributed by atoms with Crippen molar-refractivity contribution in [1.82, 2.24) is 4.98 Å². The third-order valence-electron chi connectivity index (χ3n) is 2.78. The lowest BCUT2D eigenvalue weighted by Gasteiger charge is -2.37. The fourth-order valence-corrected chi connectivity index (χ4v) is 2.64. The molecule has 0 aliphatic heterocycles. The van der Waals surface area contributed by atoms with Gasteiger partial charge >= 0.3 is 0 Å². The van der Waals surface area contributed by atoms with Gasteiger partial charge in [-0.15, -0.1) is 11.3 Å². The molecule has 2 nitrogen and oxygen atoms in total. The maximum atomic E-state index is 5.51. The zero-order valence-electron chi connectivity index (χ0n) is 7.34. The Hall–Kier alpha value is -0.410. The van der Waals surface area contributed by atoms with Gasteiger partial charge in [-0.2, -0.15) is 0 Å². The van der Waals surface area contributed by atoms with Crippen molar-refractivity contribution in [3.63, 3.8) is 0 Å². The second kappa shape index (κ2) is 2.82. The van der Waals surface area contributed by atoms with Crippen molar-refractivity contribution in [2.75, 3.05) is 0 Å². The van der Waals surface area contributed by atoms with Crippen LogP contribution in [0, 0.1) is 0 Å². The first-order valence-corrected chi connectivity index (χ1v) is 5.21. The van der Waals surface area contributed by atoms with Gasteiger partial charge in [-0.05, 0) is 12.8 Å². The molecule has 1 aliphatic rings. The second-order valence-electron chi connectivity index (χ2n) is 3.74. The third-order valence-corrected chi connectivity index (χ3v) is 4.11. The number of nitrogens with zero attached hydrogens (tertiary/aromatic N) is 1. The molecule has 1 aromatic heterocycles. The van der Waals surface area contributed by atoms with Gasteiger partial charge in [0.25, 0.3) is 0 Å². The maximum Gasteiger partial charge on any atom is 0.106 e. The molecule has 0 amide bonds. The summed E-state index contributed by atoms with van der Waals surface area (Å²) in [6.07, 6.45) is 6.01. The van der Waals surface area contributed by atoms with E-state index in [0.29, 0.717) is 12.0 Å². The SMILES string of the molecule is CC1(c2cnc(CN)s2)CCC1. The molecule has 1 saturated carbocycles. The fraction of sp³-hybridized carbons (Fsp3) is 0.667. The summed E-state index contributed by atoms with van der Waals surface area (Å²) >= 11 is 1.78. The summed E-state index contributed by atoms with van der Waals surface area (Å²) < 4.78 is 0. The highest BCUT2D eigenvalue weighted by molar-refractivity contribution is 7.11. The zero-order valence-corrected chi connectivity index (χ0v) is 8.16. The quantitative estimate of drug-likeness (QED) is 0.760. The van der Waals surface area contributed by atoms with Crippen molar-refractivity contribution in [1.29, 1.82) is 0 Å². The van der Waals surface area contributed by atoms with Gasteiger partial charge in [0.15, 0.2) is 0 Å². The minimum Gasteiger partial charge on any atom is -0.325 e. The smallest absolute Gasteiger partial charge is 0.106 e. The summed E-state index contributed by atoms with van der Waals surface area (Å²) in [5.74, 6) is 0. The van der Waals surface area contributed by atoms with Crippen LogP contribution in [0.4, 0.5) is 0 Å². The van der Waals surface area contributed by atoms with Crippen LogP contribution in [0.2, 0.25) is 0 Å². The lowest BCUT2D eigenvalue weighted by atomic mass is 9.70. The molecular weight excluding hydrogens is 168 g/mol. The Morgan fingerprint density at radius 3 is 2.83 bits per heavy atom. The molecule has 66 valence electrons. The topological polar surface area (TPSA) is 38.9 Å². The zero-order chi connectivity index (χ0) is 8.60. The van der Waals surface area contributed by atoms with Crippen LogP contribution in [0.5, 0.6) is 0 Å². The van der Waals surface area contributed by atoms with Gasteiger partial charge in [0.2, 0.25) is 0 Å². The van der Waals surface area contributed by atoms with E-state index in [1.54, 1.807) is 11.3 Å². The largest absolute Gasteiger partial charge is 0.325 e. The molecule has 3 heteroatoms. The number of nitrogens with two attached hydrogens (primary N) is 1. The van der Waals surface area contributed by atoms with Crippen molar-refractivity contribution in [2.45, 2.75) is 38.1 Å². The van der Waals surface area contributed by atoms with Crippen LogP contribution >= 0.6 is 11.3 Å². The van der Waals surface area contributed by atoms with Gasteiger partial charge < -0.3 is 5.73 Å². The van der Waals surface area contributed by atoms with Gasteiger partial charge in [-0.25, -0.2) is 4.98 Å². The van der Waals surface area contributed by atoms with Crippen molar-refractivity contribution in [3.8, 4) is 0 Å². The summed E-state index contributed by atoms with van der Waals surface area (Å²) in [5.41, 5.74) is 5.95. The molecule has 1 fully saturated rings. The molecule has 12 heavy (non-hydrogen) atoms. The molecular formula is C9H14N2S. The van der Waals surface area contributed by atoms with Crippen LogP contribution in [0.15, 0.2) is 6.20 Å². The average molecular weight is 182 g/mol. The minimum atomic E-state index is 0.436. The van der Waals surface area contributed by atoms with Crippen molar-refractivity contribution in [2.24, 2.45) is 5.73 Å². The molecule has 1 heterocycles. The summed E-state index contributed by atoms with van der Waals surface area (Å²) in [4.78, 5) is 5.70. The second-order valence-corrected chi connectivity index (χ2v) is 4.85. The molecule has 0 unspecified atom stereocenters. The monoisotopic (exact) mass is 182 g/mol. The summed E-state index contributed by atoms with van der Waals surface area (Å²) in [7, 11) is 0. The molecule has 0 radical (unpaired) electrons. The average Bonchev–Trinajstić information content (AvgIpc) is 2.48. The molecule has 0 atom stereocenters. The standard InChI is InChI=1S/C9H14N2S/c1-9(3-2-4-9)7-6-11-8(5-10)12-7/h6H,2-5,10H2,1H3. The Labute approximate surface area is 76.8 Å². The van der Waals surface area contributed by atoms with E-state index in [-0.39, 0.29) is 0 Å². The number of hydrogen-bond donors (Lipinski definition) is 1. The molecule has 1 aliphatic carbocycles. The van der Waals surface area contributed by atoms with Crippen LogP contribution in [-0.2, 0) is 12.0 Å². The normalized spacial score (nSPS) is 20.5. The van der Waals surface area contributed by atoms with E-state index >= 15 is 0 Å². The number of hydrogen-bond acceptors (Lipinski definition) is 3. The minimum absolute atomic E-state index is 0.436. The number of thiazole rings is 1. The Morgan fingerprint density at radius 2 is 2.42 bits per heavy atom. The highest BCUT2D eigenvalue weighted by Crippen LogP contribution is 2.45. The highest BCUT2D eigenvalue weighted by Gasteiger charge is 2.35. The van der Waals surface area contributed by atoms with E-state index in [4.69, 9.17) is 5.73 Å². The molecule has 1 aromatic rings. The van der Waals surface area contributed by atoms with Gasteiger partial charge in [0, 0.05) is 23.0 Å². The van der Waals surface area contributed by atoms with Gasteiger partial charge in [0.05, 0.1) is 0 Å². The Balaban J connectivity index is 2.22. The van der Waals surface area contributed by atoms with E-state index < -0.39 is 0 Å². The lowest BCUT2D eigenvalue weighted by Crippen LogP contribution is -2.29. The van der Waals surface area contributed by atoms with E-state index in [1.165, 1.54) is 24.1 Å². The predicted octanol–water partition coefficient (Wildman–Crippen LogP) is 2.04. The third kappa shape index (κ3) is 1.17.